The molecule has 0 spiro atoms. The van der Waals surface area contributed by atoms with Crippen LogP contribution in [0.4, 0.5) is 4.39 Å². The maximum absolute atomic E-state index is 14.6. The van der Waals surface area contributed by atoms with Crippen molar-refractivity contribution >= 4 is 22.7 Å². The fourth-order valence-electron chi connectivity index (χ4n) is 4.86. The number of halogens is 1. The molecule has 2 aliphatic heterocycles. The van der Waals surface area contributed by atoms with Crippen LogP contribution >= 0.6 is 0 Å². The predicted molar refractivity (Wildman–Crippen MR) is 131 cm³/mol. The van der Waals surface area contributed by atoms with E-state index in [0.29, 0.717) is 53.5 Å². The molecule has 0 unspecified atom stereocenters. The summed E-state index contributed by atoms with van der Waals surface area (Å²) in [5.74, 6) is -0.278. The van der Waals surface area contributed by atoms with Gasteiger partial charge in [-0.2, -0.15) is 0 Å². The van der Waals surface area contributed by atoms with Crippen LogP contribution in [0.1, 0.15) is 34.3 Å². The number of rotatable bonds is 7. The van der Waals surface area contributed by atoms with Gasteiger partial charge in [-0.3, -0.25) is 9.78 Å². The van der Waals surface area contributed by atoms with Gasteiger partial charge in [-0.25, -0.2) is 14.4 Å². The standard InChI is InChI=1S/C26H28FN5O3/c1-35-23-6-5-21-25(31-23)19(20(27)15-29-21)9-12-32-10-7-17(8-11-32)28-14-18-13-16-3-2-4-22(33)24(16)26(34)30-18/h2-6,15,17,28,33H,7-14H2,1H3. The maximum Gasteiger partial charge on any atom is 0.281 e. The molecule has 0 saturated carbocycles. The van der Waals surface area contributed by atoms with Crippen molar-refractivity contribution in [3.8, 4) is 11.6 Å². The van der Waals surface area contributed by atoms with Gasteiger partial charge in [0.25, 0.3) is 5.91 Å². The number of carbonyl (C=O) groups is 1. The lowest BCUT2D eigenvalue weighted by Crippen LogP contribution is -2.45. The summed E-state index contributed by atoms with van der Waals surface area (Å²) >= 11 is 0. The second-order valence-electron chi connectivity index (χ2n) is 9.02. The van der Waals surface area contributed by atoms with Gasteiger partial charge < -0.3 is 20.1 Å². The van der Waals surface area contributed by atoms with Gasteiger partial charge in [0.2, 0.25) is 5.88 Å². The molecule has 2 aliphatic rings. The van der Waals surface area contributed by atoms with Crippen LogP contribution in [0.2, 0.25) is 0 Å². The Bertz CT molecular complexity index is 1290. The summed E-state index contributed by atoms with van der Waals surface area (Å²) in [6.07, 6.45) is 4.30. The zero-order valence-electron chi connectivity index (χ0n) is 19.6. The number of nitrogens with zero attached hydrogens (tertiary/aromatic N) is 4. The number of nitrogens with one attached hydrogen (secondary N) is 1. The van der Waals surface area contributed by atoms with E-state index in [1.165, 1.54) is 12.3 Å². The number of ether oxygens (including phenoxy) is 1. The number of amides is 1. The third kappa shape index (κ3) is 5.01. The zero-order chi connectivity index (χ0) is 24.4. The Morgan fingerprint density at radius 1 is 1.23 bits per heavy atom. The quantitative estimate of drug-likeness (QED) is 0.540. The average molecular weight is 478 g/mol. The van der Waals surface area contributed by atoms with Gasteiger partial charge in [0.05, 0.1) is 29.9 Å². The lowest BCUT2D eigenvalue weighted by Gasteiger charge is -2.32. The van der Waals surface area contributed by atoms with E-state index < -0.39 is 0 Å². The maximum atomic E-state index is 14.6. The first-order valence-corrected chi connectivity index (χ1v) is 11.9. The van der Waals surface area contributed by atoms with Crippen molar-refractivity contribution in [2.75, 3.05) is 33.3 Å². The summed E-state index contributed by atoms with van der Waals surface area (Å²) in [6.45, 7) is 3.10. The highest BCUT2D eigenvalue weighted by molar-refractivity contribution is 6.11. The summed E-state index contributed by atoms with van der Waals surface area (Å²) in [7, 11) is 1.54. The average Bonchev–Trinajstić information content (AvgIpc) is 2.87. The van der Waals surface area contributed by atoms with E-state index in [1.807, 2.05) is 6.07 Å². The number of phenolic OH excluding ortho intramolecular Hbond substituents is 1. The largest absolute Gasteiger partial charge is 0.507 e. The number of phenols is 1. The third-order valence-corrected chi connectivity index (χ3v) is 6.81. The van der Waals surface area contributed by atoms with E-state index in [1.54, 1.807) is 25.3 Å². The van der Waals surface area contributed by atoms with Crippen LogP contribution in [-0.4, -0.2) is 70.9 Å². The van der Waals surface area contributed by atoms with Gasteiger partial charge in [-0.1, -0.05) is 12.1 Å². The monoisotopic (exact) mass is 477 g/mol. The first-order chi connectivity index (χ1) is 17.0. The predicted octanol–water partition coefficient (Wildman–Crippen LogP) is 2.92. The number of aromatic hydroxyl groups is 1. The number of hydrogen-bond donors (Lipinski definition) is 2. The molecule has 1 amide bonds. The van der Waals surface area contributed by atoms with E-state index in [9.17, 15) is 14.3 Å². The summed E-state index contributed by atoms with van der Waals surface area (Å²) in [5.41, 5.74) is 3.71. The molecule has 182 valence electrons. The molecule has 2 aromatic heterocycles. The first kappa shape index (κ1) is 23.3. The molecule has 9 heteroatoms. The van der Waals surface area contributed by atoms with E-state index in [-0.39, 0.29) is 17.5 Å². The molecular weight excluding hydrogens is 449 g/mol. The summed E-state index contributed by atoms with van der Waals surface area (Å²) in [6, 6.07) is 8.99. The van der Waals surface area contributed by atoms with Crippen LogP contribution in [0.3, 0.4) is 0 Å². The third-order valence-electron chi connectivity index (χ3n) is 6.81. The van der Waals surface area contributed by atoms with Crippen LogP contribution in [0.25, 0.3) is 11.0 Å². The number of aromatic nitrogens is 2. The number of carbonyl (C=O) groups excluding carboxylic acids is 1. The molecule has 0 aliphatic carbocycles. The number of aliphatic imine (C=N–C) groups is 1. The molecule has 2 N–H and O–H groups in total. The van der Waals surface area contributed by atoms with Crippen molar-refractivity contribution in [1.82, 2.24) is 20.2 Å². The van der Waals surface area contributed by atoms with E-state index in [4.69, 9.17) is 4.74 Å². The molecule has 0 bridgehead atoms. The Kier molecular flexibility index (Phi) is 6.70. The van der Waals surface area contributed by atoms with Crippen molar-refractivity contribution in [3.63, 3.8) is 0 Å². The lowest BCUT2D eigenvalue weighted by molar-refractivity contribution is 0.0997. The van der Waals surface area contributed by atoms with E-state index in [0.717, 1.165) is 43.8 Å². The normalized spacial score (nSPS) is 16.9. The van der Waals surface area contributed by atoms with Gasteiger partial charge in [0.1, 0.15) is 11.6 Å². The number of methoxy groups -OCH3 is 1. The van der Waals surface area contributed by atoms with Crippen molar-refractivity contribution in [1.29, 1.82) is 0 Å². The molecule has 35 heavy (non-hydrogen) atoms. The van der Waals surface area contributed by atoms with Crippen LogP contribution in [-0.2, 0) is 12.8 Å². The van der Waals surface area contributed by atoms with Crippen molar-refractivity contribution < 1.29 is 19.0 Å². The molecule has 4 heterocycles. The lowest BCUT2D eigenvalue weighted by atomic mass is 9.97. The van der Waals surface area contributed by atoms with Crippen LogP contribution in [0.15, 0.2) is 41.5 Å². The van der Waals surface area contributed by atoms with Gasteiger partial charge in [-0.15, -0.1) is 0 Å². The summed E-state index contributed by atoms with van der Waals surface area (Å²) in [4.78, 5) is 27.4. The first-order valence-electron chi connectivity index (χ1n) is 11.9. The number of pyridine rings is 2. The topological polar surface area (TPSA) is 99.9 Å². The van der Waals surface area contributed by atoms with Gasteiger partial charge in [0.15, 0.2) is 0 Å². The SMILES string of the molecule is COc1ccc2ncc(F)c(CCN3CCC(NCC4=NC(=O)c5c(O)cccc5C4)CC3)c2n1. The Hall–Kier alpha value is -3.43. The Balaban J connectivity index is 1.13. The molecule has 0 radical (unpaired) electrons. The fraction of sp³-hybridized carbons (Fsp3) is 0.385. The second-order valence-corrected chi connectivity index (χ2v) is 9.02. The van der Waals surface area contributed by atoms with Gasteiger partial charge in [0, 0.05) is 42.9 Å². The number of hydrogen-bond acceptors (Lipinski definition) is 7. The molecular formula is C26H28FN5O3. The highest BCUT2D eigenvalue weighted by Crippen LogP contribution is 2.26. The van der Waals surface area contributed by atoms with Crippen LogP contribution in [0, 0.1) is 5.82 Å². The van der Waals surface area contributed by atoms with E-state index in [2.05, 4.69) is 25.2 Å². The number of benzene rings is 1. The molecule has 0 atom stereocenters. The number of fused-ring (bicyclic) bond motifs is 2. The summed E-state index contributed by atoms with van der Waals surface area (Å²) < 4.78 is 19.8. The Morgan fingerprint density at radius 3 is 2.86 bits per heavy atom. The zero-order valence-corrected chi connectivity index (χ0v) is 19.6. The van der Waals surface area contributed by atoms with Crippen molar-refractivity contribution in [2.45, 2.75) is 31.7 Å². The minimum atomic E-state index is -0.376. The second kappa shape index (κ2) is 10.1. The number of piperidine rings is 1. The molecule has 5 rings (SSSR count). The minimum absolute atomic E-state index is 0.00908. The Morgan fingerprint density at radius 2 is 2.06 bits per heavy atom. The smallest absolute Gasteiger partial charge is 0.281 e. The molecule has 8 nitrogen and oxygen atoms in total. The summed E-state index contributed by atoms with van der Waals surface area (Å²) in [5, 5.41) is 13.5. The molecule has 3 aromatic rings. The fourth-order valence-corrected chi connectivity index (χ4v) is 4.86. The minimum Gasteiger partial charge on any atom is -0.507 e. The van der Waals surface area contributed by atoms with Crippen LogP contribution < -0.4 is 10.1 Å². The number of likely N-dealkylation sites (tertiary alicyclic amines) is 1. The van der Waals surface area contributed by atoms with Gasteiger partial charge in [-0.05, 0) is 50.0 Å². The Labute approximate surface area is 202 Å². The van der Waals surface area contributed by atoms with Crippen LogP contribution in [0.5, 0.6) is 11.6 Å². The van der Waals surface area contributed by atoms with Gasteiger partial charge >= 0.3 is 0 Å². The van der Waals surface area contributed by atoms with Crippen molar-refractivity contribution in [2.24, 2.45) is 4.99 Å². The molecule has 1 aromatic carbocycles. The van der Waals surface area contributed by atoms with Crippen molar-refractivity contribution in [3.05, 3.63) is 59.0 Å². The molecule has 1 fully saturated rings. The van der Waals surface area contributed by atoms with E-state index >= 15 is 0 Å². The molecule has 1 saturated heterocycles. The highest BCUT2D eigenvalue weighted by atomic mass is 19.1. The highest BCUT2D eigenvalue weighted by Gasteiger charge is 2.24.